The van der Waals surface area contributed by atoms with Crippen LogP contribution in [0.2, 0.25) is 0 Å². The van der Waals surface area contributed by atoms with Gasteiger partial charge in [-0.05, 0) is 37.1 Å². The van der Waals surface area contributed by atoms with E-state index in [0.717, 1.165) is 22.1 Å². The highest BCUT2D eigenvalue weighted by Crippen LogP contribution is 2.35. The molecular weight excluding hydrogens is 288 g/mol. The first-order valence-corrected chi connectivity index (χ1v) is 7.40. The zero-order valence-corrected chi connectivity index (χ0v) is 12.8. The molecule has 4 aromatic rings. The average Bonchev–Trinajstić information content (AvgIpc) is 2.93. The number of benzene rings is 2. The van der Waals surface area contributed by atoms with Gasteiger partial charge in [0, 0.05) is 10.9 Å². The van der Waals surface area contributed by atoms with Crippen molar-refractivity contribution in [3.63, 3.8) is 0 Å². The number of fused-ring (bicyclic) bond motifs is 3. The molecule has 0 unspecified atom stereocenters. The Bertz CT molecular complexity index is 1050. The SMILES string of the molecule is CC(=O)c1cc(C)cc2c1oc1c(-c3ccccc3)cnnc12. The zero-order valence-electron chi connectivity index (χ0n) is 12.8. The van der Waals surface area contributed by atoms with Crippen molar-refractivity contribution in [2.45, 2.75) is 13.8 Å². The van der Waals surface area contributed by atoms with E-state index < -0.39 is 0 Å². The summed E-state index contributed by atoms with van der Waals surface area (Å²) in [5.41, 5.74) is 5.39. The number of Topliss-reactive ketones (excluding diaryl/α,β-unsaturated/α-hetero) is 1. The maximum atomic E-state index is 11.9. The fraction of sp³-hybridized carbons (Fsp3) is 0.105. The lowest BCUT2D eigenvalue weighted by molar-refractivity contribution is 0.101. The van der Waals surface area contributed by atoms with Crippen molar-refractivity contribution in [2.24, 2.45) is 0 Å². The minimum Gasteiger partial charge on any atom is -0.453 e. The summed E-state index contributed by atoms with van der Waals surface area (Å²) >= 11 is 0. The molecule has 0 N–H and O–H groups in total. The average molecular weight is 302 g/mol. The van der Waals surface area contributed by atoms with Crippen LogP contribution in [0.3, 0.4) is 0 Å². The van der Waals surface area contributed by atoms with Gasteiger partial charge >= 0.3 is 0 Å². The highest BCUT2D eigenvalue weighted by molar-refractivity contribution is 6.14. The van der Waals surface area contributed by atoms with Crippen molar-refractivity contribution in [3.8, 4) is 11.1 Å². The summed E-state index contributed by atoms with van der Waals surface area (Å²) in [6, 6.07) is 13.7. The van der Waals surface area contributed by atoms with Crippen LogP contribution in [0.15, 0.2) is 53.1 Å². The normalized spacial score (nSPS) is 11.2. The van der Waals surface area contributed by atoms with E-state index in [0.29, 0.717) is 22.2 Å². The molecule has 4 nitrogen and oxygen atoms in total. The standard InChI is InChI=1S/C19H14N2O2/c1-11-8-14(12(2)22)18-15(9-11)17-19(23-18)16(10-20-21-17)13-6-4-3-5-7-13/h3-10H,1-2H3. The molecule has 2 aromatic carbocycles. The highest BCUT2D eigenvalue weighted by Gasteiger charge is 2.18. The number of hydrogen-bond acceptors (Lipinski definition) is 4. The summed E-state index contributed by atoms with van der Waals surface area (Å²) < 4.78 is 6.06. The predicted molar refractivity (Wildman–Crippen MR) is 89.5 cm³/mol. The summed E-state index contributed by atoms with van der Waals surface area (Å²) in [5.74, 6) is -0.0213. The Labute approximate surface area is 132 Å². The summed E-state index contributed by atoms with van der Waals surface area (Å²) in [6.07, 6.45) is 1.69. The molecule has 0 spiro atoms. The molecule has 0 aliphatic rings. The fourth-order valence-electron chi connectivity index (χ4n) is 2.90. The summed E-state index contributed by atoms with van der Waals surface area (Å²) in [6.45, 7) is 3.50. The van der Waals surface area contributed by atoms with Gasteiger partial charge < -0.3 is 4.42 Å². The minimum absolute atomic E-state index is 0.0213. The van der Waals surface area contributed by atoms with Crippen LogP contribution < -0.4 is 0 Å². The van der Waals surface area contributed by atoms with Gasteiger partial charge in [0.05, 0.1) is 11.8 Å². The second kappa shape index (κ2) is 5.02. The molecule has 0 saturated heterocycles. The third kappa shape index (κ3) is 2.11. The number of aryl methyl sites for hydroxylation is 1. The molecule has 0 atom stereocenters. The van der Waals surface area contributed by atoms with Gasteiger partial charge in [0.2, 0.25) is 0 Å². The van der Waals surface area contributed by atoms with Crippen molar-refractivity contribution in [2.75, 3.05) is 0 Å². The van der Waals surface area contributed by atoms with E-state index in [1.54, 1.807) is 13.1 Å². The van der Waals surface area contributed by atoms with Gasteiger partial charge in [0.1, 0.15) is 11.1 Å². The highest BCUT2D eigenvalue weighted by atomic mass is 16.3. The number of carbonyl (C=O) groups excluding carboxylic acids is 1. The molecule has 0 saturated carbocycles. The van der Waals surface area contributed by atoms with Gasteiger partial charge in [-0.3, -0.25) is 4.79 Å². The van der Waals surface area contributed by atoms with E-state index >= 15 is 0 Å². The molecule has 2 aromatic heterocycles. The number of rotatable bonds is 2. The van der Waals surface area contributed by atoms with Crippen LogP contribution in [0, 0.1) is 6.92 Å². The van der Waals surface area contributed by atoms with Gasteiger partial charge in [-0.25, -0.2) is 0 Å². The van der Waals surface area contributed by atoms with E-state index in [2.05, 4.69) is 10.2 Å². The van der Waals surface area contributed by atoms with Gasteiger partial charge in [0.15, 0.2) is 11.4 Å². The van der Waals surface area contributed by atoms with Crippen LogP contribution in [0.1, 0.15) is 22.8 Å². The maximum Gasteiger partial charge on any atom is 0.165 e. The molecule has 4 rings (SSSR count). The van der Waals surface area contributed by atoms with Crippen LogP contribution in [0.5, 0.6) is 0 Å². The Balaban J connectivity index is 2.14. The molecule has 0 radical (unpaired) electrons. The van der Waals surface area contributed by atoms with E-state index in [1.165, 1.54) is 0 Å². The summed E-state index contributed by atoms with van der Waals surface area (Å²) in [7, 11) is 0. The number of carbonyl (C=O) groups is 1. The maximum absolute atomic E-state index is 11.9. The van der Waals surface area contributed by atoms with Crippen LogP contribution in [-0.2, 0) is 0 Å². The Hall–Kier alpha value is -3.01. The van der Waals surface area contributed by atoms with E-state index in [-0.39, 0.29) is 5.78 Å². The van der Waals surface area contributed by atoms with E-state index in [9.17, 15) is 4.79 Å². The third-order valence-corrected chi connectivity index (χ3v) is 3.96. The third-order valence-electron chi connectivity index (χ3n) is 3.96. The topological polar surface area (TPSA) is 56.0 Å². The molecule has 2 heterocycles. The first-order chi connectivity index (χ1) is 11.1. The van der Waals surface area contributed by atoms with E-state index in [4.69, 9.17) is 4.42 Å². The zero-order chi connectivity index (χ0) is 16.0. The molecule has 0 aliphatic heterocycles. The van der Waals surface area contributed by atoms with Crippen molar-refractivity contribution in [3.05, 3.63) is 59.8 Å². The first kappa shape index (κ1) is 13.6. The van der Waals surface area contributed by atoms with Crippen LogP contribution in [0.4, 0.5) is 0 Å². The number of nitrogens with zero attached hydrogens (tertiary/aromatic N) is 2. The van der Waals surface area contributed by atoms with Crippen molar-refractivity contribution >= 4 is 27.9 Å². The largest absolute Gasteiger partial charge is 0.453 e. The van der Waals surface area contributed by atoms with Crippen molar-refractivity contribution in [1.29, 1.82) is 0 Å². The van der Waals surface area contributed by atoms with Crippen LogP contribution in [0.25, 0.3) is 33.2 Å². The molecule has 0 amide bonds. The van der Waals surface area contributed by atoms with Crippen LogP contribution >= 0.6 is 0 Å². The number of ketones is 1. The van der Waals surface area contributed by atoms with Crippen molar-refractivity contribution < 1.29 is 9.21 Å². The van der Waals surface area contributed by atoms with Gasteiger partial charge in [-0.1, -0.05) is 30.3 Å². The molecule has 4 heteroatoms. The lowest BCUT2D eigenvalue weighted by atomic mass is 10.0. The molecule has 0 fully saturated rings. The van der Waals surface area contributed by atoms with Crippen molar-refractivity contribution in [1.82, 2.24) is 10.2 Å². The monoisotopic (exact) mass is 302 g/mol. The van der Waals surface area contributed by atoms with Gasteiger partial charge in [0.25, 0.3) is 0 Å². The lowest BCUT2D eigenvalue weighted by Crippen LogP contribution is -1.93. The fourth-order valence-corrected chi connectivity index (χ4v) is 2.90. The lowest BCUT2D eigenvalue weighted by Gasteiger charge is -2.00. The van der Waals surface area contributed by atoms with Crippen LogP contribution in [-0.4, -0.2) is 16.0 Å². The first-order valence-electron chi connectivity index (χ1n) is 7.40. The van der Waals surface area contributed by atoms with E-state index in [1.807, 2.05) is 49.4 Å². The second-order valence-corrected chi connectivity index (χ2v) is 5.65. The predicted octanol–water partition coefficient (Wildman–Crippen LogP) is 4.55. The number of hydrogen-bond donors (Lipinski definition) is 0. The second-order valence-electron chi connectivity index (χ2n) is 5.65. The van der Waals surface area contributed by atoms with Gasteiger partial charge in [-0.15, -0.1) is 5.10 Å². The smallest absolute Gasteiger partial charge is 0.165 e. The molecule has 0 aliphatic carbocycles. The Morgan fingerprint density at radius 2 is 1.87 bits per heavy atom. The van der Waals surface area contributed by atoms with Gasteiger partial charge in [-0.2, -0.15) is 5.10 Å². The minimum atomic E-state index is -0.0213. The Morgan fingerprint density at radius 3 is 2.61 bits per heavy atom. The Kier molecular flexibility index (Phi) is 2.98. The Morgan fingerprint density at radius 1 is 1.09 bits per heavy atom. The summed E-state index contributed by atoms with van der Waals surface area (Å²) in [5, 5.41) is 9.19. The quantitative estimate of drug-likeness (QED) is 0.510. The summed E-state index contributed by atoms with van der Waals surface area (Å²) in [4.78, 5) is 11.9. The molecular formula is C19H14N2O2. The molecule has 23 heavy (non-hydrogen) atoms. The molecule has 0 bridgehead atoms. The number of aromatic nitrogens is 2. The molecule has 112 valence electrons. The number of furan rings is 1.